The second-order valence-electron chi connectivity index (χ2n) is 1.94. The first kappa shape index (κ1) is 8.48. The van der Waals surface area contributed by atoms with Gasteiger partial charge in [0.2, 0.25) is 0 Å². The topological polar surface area (TPSA) is 38.0 Å². The maximum Gasteiger partial charge on any atom is 0.0578 e. The van der Waals surface area contributed by atoms with Gasteiger partial charge in [-0.1, -0.05) is 5.92 Å². The number of nitrogens with one attached hydrogen (secondary N) is 1. The highest BCUT2D eigenvalue weighted by Gasteiger charge is 1.91. The van der Waals surface area contributed by atoms with Crippen molar-refractivity contribution in [1.82, 2.24) is 5.32 Å². The Morgan fingerprint density at radius 3 is 2.78 bits per heavy atom. The largest absolute Gasteiger partial charge is 0.329 e. The van der Waals surface area contributed by atoms with Crippen LogP contribution in [0.3, 0.4) is 0 Å². The standard InChI is InChI=1S/C7H14N2/c1-3-4-5-9-7(2)6-8/h7,9H,5-6,8H2,1-2H3. The van der Waals surface area contributed by atoms with Crippen LogP contribution in [-0.4, -0.2) is 19.1 Å². The first-order chi connectivity index (χ1) is 4.31. The summed E-state index contributed by atoms with van der Waals surface area (Å²) in [6.07, 6.45) is 0. The van der Waals surface area contributed by atoms with Crippen LogP contribution in [0.1, 0.15) is 13.8 Å². The molecule has 2 heteroatoms. The van der Waals surface area contributed by atoms with E-state index < -0.39 is 0 Å². The summed E-state index contributed by atoms with van der Waals surface area (Å²) in [5.41, 5.74) is 5.34. The van der Waals surface area contributed by atoms with E-state index in [9.17, 15) is 0 Å². The zero-order valence-corrected chi connectivity index (χ0v) is 6.07. The normalized spacial score (nSPS) is 11.9. The SMILES string of the molecule is CC#CCNC(C)CN. The molecule has 0 aliphatic rings. The fourth-order valence-electron chi connectivity index (χ4n) is 0.397. The highest BCUT2D eigenvalue weighted by Crippen LogP contribution is 1.71. The van der Waals surface area contributed by atoms with Gasteiger partial charge in [0.1, 0.15) is 0 Å². The molecule has 3 N–H and O–H groups in total. The van der Waals surface area contributed by atoms with E-state index in [0.717, 1.165) is 6.54 Å². The van der Waals surface area contributed by atoms with Crippen molar-refractivity contribution in [3.63, 3.8) is 0 Å². The Labute approximate surface area is 56.8 Å². The molecule has 0 saturated heterocycles. The summed E-state index contributed by atoms with van der Waals surface area (Å²) in [5, 5.41) is 3.13. The summed E-state index contributed by atoms with van der Waals surface area (Å²) >= 11 is 0. The lowest BCUT2D eigenvalue weighted by molar-refractivity contribution is 0.597. The van der Waals surface area contributed by atoms with E-state index >= 15 is 0 Å². The third kappa shape index (κ3) is 5.35. The first-order valence-corrected chi connectivity index (χ1v) is 3.14. The maximum absolute atomic E-state index is 5.34. The van der Waals surface area contributed by atoms with Crippen molar-refractivity contribution >= 4 is 0 Å². The van der Waals surface area contributed by atoms with Crippen LogP contribution in [-0.2, 0) is 0 Å². The smallest absolute Gasteiger partial charge is 0.0578 e. The monoisotopic (exact) mass is 126 g/mol. The third-order valence-electron chi connectivity index (χ3n) is 1.07. The molecule has 0 rings (SSSR count). The van der Waals surface area contributed by atoms with Crippen LogP contribution in [0.2, 0.25) is 0 Å². The van der Waals surface area contributed by atoms with E-state index in [1.807, 2.05) is 13.8 Å². The molecular weight excluding hydrogens is 112 g/mol. The lowest BCUT2D eigenvalue weighted by atomic mass is 10.3. The van der Waals surface area contributed by atoms with Gasteiger partial charge in [0, 0.05) is 12.6 Å². The molecule has 0 bridgehead atoms. The maximum atomic E-state index is 5.34. The molecule has 0 amide bonds. The van der Waals surface area contributed by atoms with Gasteiger partial charge in [-0.2, -0.15) is 0 Å². The van der Waals surface area contributed by atoms with Gasteiger partial charge >= 0.3 is 0 Å². The molecule has 2 nitrogen and oxygen atoms in total. The van der Waals surface area contributed by atoms with Crippen LogP contribution >= 0.6 is 0 Å². The van der Waals surface area contributed by atoms with Gasteiger partial charge in [-0.3, -0.25) is 0 Å². The molecule has 0 fully saturated rings. The molecule has 0 saturated carbocycles. The van der Waals surface area contributed by atoms with Gasteiger partial charge in [-0.25, -0.2) is 0 Å². The molecule has 0 heterocycles. The third-order valence-corrected chi connectivity index (χ3v) is 1.07. The molecule has 0 radical (unpaired) electrons. The molecule has 52 valence electrons. The Hall–Kier alpha value is -0.520. The molecule has 0 aliphatic heterocycles. The Balaban J connectivity index is 3.13. The Bertz CT molecular complexity index is 110. The van der Waals surface area contributed by atoms with Crippen LogP contribution in [0.15, 0.2) is 0 Å². The molecule has 0 aromatic heterocycles. The van der Waals surface area contributed by atoms with Crippen LogP contribution in [0.5, 0.6) is 0 Å². The predicted octanol–water partition coefficient (Wildman–Crippen LogP) is -0.0535. The summed E-state index contributed by atoms with van der Waals surface area (Å²) in [5.74, 6) is 5.69. The second-order valence-corrected chi connectivity index (χ2v) is 1.94. The van der Waals surface area contributed by atoms with E-state index in [4.69, 9.17) is 5.73 Å². The molecule has 9 heavy (non-hydrogen) atoms. The number of hydrogen-bond acceptors (Lipinski definition) is 2. The summed E-state index contributed by atoms with van der Waals surface area (Å²) in [6.45, 7) is 5.28. The van der Waals surface area contributed by atoms with Crippen molar-refractivity contribution < 1.29 is 0 Å². The fraction of sp³-hybridized carbons (Fsp3) is 0.714. The van der Waals surface area contributed by atoms with Crippen LogP contribution in [0.4, 0.5) is 0 Å². The van der Waals surface area contributed by atoms with Gasteiger partial charge in [0.15, 0.2) is 0 Å². The molecule has 0 aliphatic carbocycles. The van der Waals surface area contributed by atoms with Crippen molar-refractivity contribution in [2.45, 2.75) is 19.9 Å². The average Bonchev–Trinajstić information content (AvgIpc) is 1.89. The van der Waals surface area contributed by atoms with Crippen molar-refractivity contribution in [1.29, 1.82) is 0 Å². The molecule has 0 aromatic carbocycles. The van der Waals surface area contributed by atoms with Crippen molar-refractivity contribution in [3.8, 4) is 11.8 Å². The van der Waals surface area contributed by atoms with E-state index in [-0.39, 0.29) is 0 Å². The lowest BCUT2D eigenvalue weighted by Crippen LogP contribution is -2.33. The summed E-state index contributed by atoms with van der Waals surface area (Å²) < 4.78 is 0. The van der Waals surface area contributed by atoms with Crippen molar-refractivity contribution in [2.24, 2.45) is 5.73 Å². The van der Waals surface area contributed by atoms with Crippen molar-refractivity contribution in [3.05, 3.63) is 0 Å². The highest BCUT2D eigenvalue weighted by molar-refractivity contribution is 4.97. The summed E-state index contributed by atoms with van der Waals surface area (Å²) in [7, 11) is 0. The van der Waals surface area contributed by atoms with Gasteiger partial charge in [0.25, 0.3) is 0 Å². The minimum Gasteiger partial charge on any atom is -0.329 e. The van der Waals surface area contributed by atoms with Gasteiger partial charge in [-0.05, 0) is 13.8 Å². The average molecular weight is 126 g/mol. The van der Waals surface area contributed by atoms with E-state index in [1.54, 1.807) is 0 Å². The Kier molecular flexibility index (Phi) is 5.29. The zero-order valence-electron chi connectivity index (χ0n) is 6.07. The first-order valence-electron chi connectivity index (χ1n) is 3.14. The number of nitrogens with two attached hydrogens (primary N) is 1. The summed E-state index contributed by atoms with van der Waals surface area (Å²) in [4.78, 5) is 0. The minimum atomic E-state index is 0.380. The lowest BCUT2D eigenvalue weighted by Gasteiger charge is -2.06. The van der Waals surface area contributed by atoms with Crippen LogP contribution in [0, 0.1) is 11.8 Å². The Morgan fingerprint density at radius 2 is 2.33 bits per heavy atom. The molecular formula is C7H14N2. The second kappa shape index (κ2) is 5.61. The van der Waals surface area contributed by atoms with Gasteiger partial charge in [0.05, 0.1) is 6.54 Å². The van der Waals surface area contributed by atoms with Gasteiger partial charge in [-0.15, -0.1) is 5.92 Å². The van der Waals surface area contributed by atoms with E-state index in [0.29, 0.717) is 12.6 Å². The van der Waals surface area contributed by atoms with Crippen LogP contribution < -0.4 is 11.1 Å². The fourth-order valence-corrected chi connectivity index (χ4v) is 0.397. The van der Waals surface area contributed by atoms with E-state index in [2.05, 4.69) is 17.2 Å². The van der Waals surface area contributed by atoms with E-state index in [1.165, 1.54) is 0 Å². The summed E-state index contributed by atoms with van der Waals surface area (Å²) in [6, 6.07) is 0.380. The highest BCUT2D eigenvalue weighted by atomic mass is 14.9. The number of rotatable bonds is 3. The molecule has 0 spiro atoms. The van der Waals surface area contributed by atoms with Crippen molar-refractivity contribution in [2.75, 3.05) is 13.1 Å². The minimum absolute atomic E-state index is 0.380. The zero-order chi connectivity index (χ0) is 7.11. The van der Waals surface area contributed by atoms with Crippen LogP contribution in [0.25, 0.3) is 0 Å². The molecule has 1 atom stereocenters. The molecule has 1 unspecified atom stereocenters. The number of hydrogen-bond donors (Lipinski definition) is 2. The predicted molar refractivity (Wildman–Crippen MR) is 40.0 cm³/mol. The molecule has 0 aromatic rings. The quantitative estimate of drug-likeness (QED) is 0.520. The Morgan fingerprint density at radius 1 is 1.67 bits per heavy atom. The van der Waals surface area contributed by atoms with Gasteiger partial charge < -0.3 is 11.1 Å².